The molecule has 1 aromatic heterocycles. The van der Waals surface area contributed by atoms with Crippen molar-refractivity contribution in [3.63, 3.8) is 0 Å². The zero-order valence-corrected chi connectivity index (χ0v) is 22.9. The largest absolute Gasteiger partial charge is 0.382 e. The van der Waals surface area contributed by atoms with Gasteiger partial charge in [0.25, 0.3) is 5.91 Å². The Bertz CT molecular complexity index is 1540. The van der Waals surface area contributed by atoms with E-state index in [-0.39, 0.29) is 23.5 Å². The van der Waals surface area contributed by atoms with E-state index in [1.807, 2.05) is 43.0 Å². The predicted octanol–water partition coefficient (Wildman–Crippen LogP) is 3.76. The van der Waals surface area contributed by atoms with E-state index in [1.54, 1.807) is 12.1 Å². The standard InChI is InChI=1S/C31H34FN5O3/c1-19-6-7-23(32)15-21(19)14-20(2)33-25-4-3-5-28(38)29(25)30-34-26-16-22-18-37(9-8-36-10-12-40-13-11-36)31(39)24(22)17-27(26)35-30/h3-4,6-7,15-17,20,33H,5,8-14,18H2,1-2H3,(H,34,35)/t20-/m0/s1. The molecule has 208 valence electrons. The van der Waals surface area contributed by atoms with Crippen molar-refractivity contribution in [2.75, 3.05) is 39.4 Å². The number of amides is 1. The molecule has 3 heterocycles. The maximum atomic E-state index is 13.8. The molecule has 8 nitrogen and oxygen atoms in total. The fourth-order valence-electron chi connectivity index (χ4n) is 5.77. The van der Waals surface area contributed by atoms with Gasteiger partial charge in [-0.15, -0.1) is 0 Å². The van der Waals surface area contributed by atoms with Gasteiger partial charge in [-0.2, -0.15) is 0 Å². The number of H-pyrrole nitrogens is 1. The second kappa shape index (κ2) is 11.0. The van der Waals surface area contributed by atoms with Crippen LogP contribution in [0.4, 0.5) is 4.39 Å². The number of aromatic amines is 1. The minimum absolute atomic E-state index is 0.0226. The molecule has 0 unspecified atom stereocenters. The number of Topliss-reactive ketones (excluding diaryl/α,β-unsaturated/α-hetero) is 1. The van der Waals surface area contributed by atoms with Crippen LogP contribution < -0.4 is 5.32 Å². The lowest BCUT2D eigenvalue weighted by molar-refractivity contribution is -0.113. The summed E-state index contributed by atoms with van der Waals surface area (Å²) in [6.45, 7) is 9.34. The highest BCUT2D eigenvalue weighted by atomic mass is 19.1. The number of benzene rings is 2. The number of halogens is 1. The van der Waals surface area contributed by atoms with Gasteiger partial charge in [-0.3, -0.25) is 14.5 Å². The number of rotatable bonds is 8. The summed E-state index contributed by atoms with van der Waals surface area (Å²) >= 11 is 0. The summed E-state index contributed by atoms with van der Waals surface area (Å²) < 4.78 is 19.2. The number of aryl methyl sites for hydroxylation is 1. The van der Waals surface area contributed by atoms with Crippen LogP contribution >= 0.6 is 0 Å². The van der Waals surface area contributed by atoms with E-state index in [1.165, 1.54) is 6.07 Å². The third-order valence-electron chi connectivity index (χ3n) is 7.99. The SMILES string of the molecule is Cc1ccc(F)cc1C[C@H](C)NC1=C(c2nc3cc4c(cc3[nH]2)CN(CCN2CCOCC2)C4=O)C(=O)CC=C1. The molecule has 1 atom stereocenters. The lowest BCUT2D eigenvalue weighted by Crippen LogP contribution is -2.41. The number of ether oxygens (including phenoxy) is 1. The van der Waals surface area contributed by atoms with Crippen LogP contribution in [0.15, 0.2) is 48.2 Å². The fourth-order valence-corrected chi connectivity index (χ4v) is 5.77. The molecule has 1 saturated heterocycles. The van der Waals surface area contributed by atoms with Crippen LogP contribution in [0.5, 0.6) is 0 Å². The van der Waals surface area contributed by atoms with Gasteiger partial charge in [0.1, 0.15) is 11.6 Å². The summed E-state index contributed by atoms with van der Waals surface area (Å²) in [5.41, 5.74) is 6.25. The van der Waals surface area contributed by atoms with Gasteiger partial charge in [-0.25, -0.2) is 9.37 Å². The topological polar surface area (TPSA) is 90.6 Å². The van der Waals surface area contributed by atoms with Crippen LogP contribution in [0, 0.1) is 12.7 Å². The van der Waals surface area contributed by atoms with Gasteiger partial charge in [0, 0.05) is 56.4 Å². The number of ketones is 1. The predicted molar refractivity (Wildman–Crippen MR) is 151 cm³/mol. The van der Waals surface area contributed by atoms with Crippen molar-refractivity contribution in [3.05, 3.63) is 82.1 Å². The first kappa shape index (κ1) is 26.4. The number of nitrogens with zero attached hydrogens (tertiary/aromatic N) is 3. The van der Waals surface area contributed by atoms with Crippen LogP contribution in [0.25, 0.3) is 16.6 Å². The number of fused-ring (bicyclic) bond motifs is 2. The first-order valence-corrected chi connectivity index (χ1v) is 13.9. The fraction of sp³-hybridized carbons (Fsp3) is 0.387. The maximum Gasteiger partial charge on any atom is 0.254 e. The first-order chi connectivity index (χ1) is 19.4. The molecule has 2 aliphatic heterocycles. The van der Waals surface area contributed by atoms with Gasteiger partial charge in [0.15, 0.2) is 5.78 Å². The van der Waals surface area contributed by atoms with Crippen LogP contribution in [0.3, 0.4) is 0 Å². The molecular formula is C31H34FN5O3. The molecule has 0 spiro atoms. The Kier molecular flexibility index (Phi) is 7.25. The minimum atomic E-state index is -0.256. The summed E-state index contributed by atoms with van der Waals surface area (Å²) in [7, 11) is 0. The monoisotopic (exact) mass is 543 g/mol. The molecule has 3 aromatic rings. The van der Waals surface area contributed by atoms with Crippen LogP contribution in [0.2, 0.25) is 0 Å². The second-order valence-electron chi connectivity index (χ2n) is 10.9. The highest BCUT2D eigenvalue weighted by Gasteiger charge is 2.30. The number of nitrogens with one attached hydrogen (secondary N) is 2. The van der Waals surface area contributed by atoms with E-state index in [9.17, 15) is 14.0 Å². The summed E-state index contributed by atoms with van der Waals surface area (Å²) in [5.74, 6) is 0.222. The lowest BCUT2D eigenvalue weighted by Gasteiger charge is -2.28. The van der Waals surface area contributed by atoms with Crippen molar-refractivity contribution in [3.8, 4) is 0 Å². The Labute approximate surface area is 232 Å². The molecule has 1 fully saturated rings. The van der Waals surface area contributed by atoms with E-state index < -0.39 is 0 Å². The molecule has 0 bridgehead atoms. The zero-order valence-electron chi connectivity index (χ0n) is 22.9. The number of imidazole rings is 1. The number of allylic oxidation sites excluding steroid dienone is 3. The van der Waals surface area contributed by atoms with Gasteiger partial charge >= 0.3 is 0 Å². The van der Waals surface area contributed by atoms with Crippen molar-refractivity contribution >= 4 is 28.3 Å². The van der Waals surface area contributed by atoms with Crippen molar-refractivity contribution in [2.24, 2.45) is 0 Å². The summed E-state index contributed by atoms with van der Waals surface area (Å²) in [4.78, 5) is 38.6. The molecule has 2 N–H and O–H groups in total. The lowest BCUT2D eigenvalue weighted by atomic mass is 9.98. The molecule has 1 amide bonds. The van der Waals surface area contributed by atoms with Gasteiger partial charge in [-0.1, -0.05) is 12.1 Å². The zero-order chi connectivity index (χ0) is 27.8. The Morgan fingerprint density at radius 1 is 1.15 bits per heavy atom. The van der Waals surface area contributed by atoms with Gasteiger partial charge in [0.05, 0.1) is 29.8 Å². The number of morpholine rings is 1. The Morgan fingerprint density at radius 3 is 2.80 bits per heavy atom. The van der Waals surface area contributed by atoms with E-state index in [4.69, 9.17) is 9.72 Å². The Hall–Kier alpha value is -3.82. The van der Waals surface area contributed by atoms with E-state index >= 15 is 0 Å². The van der Waals surface area contributed by atoms with Gasteiger partial charge in [0.2, 0.25) is 0 Å². The molecule has 3 aliphatic rings. The van der Waals surface area contributed by atoms with Crippen molar-refractivity contribution < 1.29 is 18.7 Å². The number of carbonyl (C=O) groups excluding carboxylic acids is 2. The van der Waals surface area contributed by atoms with Gasteiger partial charge < -0.3 is 19.9 Å². The normalized spacial score (nSPS) is 18.6. The molecule has 0 saturated carbocycles. The third-order valence-corrected chi connectivity index (χ3v) is 7.99. The Balaban J connectivity index is 1.22. The highest BCUT2D eigenvalue weighted by molar-refractivity contribution is 6.22. The summed E-state index contributed by atoms with van der Waals surface area (Å²) in [6, 6.07) is 8.59. The second-order valence-corrected chi connectivity index (χ2v) is 10.9. The quantitative estimate of drug-likeness (QED) is 0.450. The minimum Gasteiger partial charge on any atom is -0.382 e. The number of carbonyl (C=O) groups is 2. The number of aromatic nitrogens is 2. The molecule has 6 rings (SSSR count). The van der Waals surface area contributed by atoms with E-state index in [0.29, 0.717) is 54.1 Å². The molecule has 0 radical (unpaired) electrons. The smallest absolute Gasteiger partial charge is 0.254 e. The Morgan fingerprint density at radius 2 is 1.98 bits per heavy atom. The van der Waals surface area contributed by atoms with Crippen molar-refractivity contribution in [2.45, 2.75) is 39.3 Å². The summed E-state index contributed by atoms with van der Waals surface area (Å²) in [5, 5.41) is 3.45. The number of hydrogen-bond donors (Lipinski definition) is 2. The average molecular weight is 544 g/mol. The van der Waals surface area contributed by atoms with Crippen LogP contribution in [-0.2, 0) is 22.5 Å². The summed E-state index contributed by atoms with van der Waals surface area (Å²) in [6.07, 6.45) is 4.66. The van der Waals surface area contributed by atoms with Crippen molar-refractivity contribution in [1.29, 1.82) is 0 Å². The molecular weight excluding hydrogens is 509 g/mol. The first-order valence-electron chi connectivity index (χ1n) is 13.9. The van der Waals surface area contributed by atoms with E-state index in [2.05, 4.69) is 15.2 Å². The molecule has 2 aromatic carbocycles. The van der Waals surface area contributed by atoms with Crippen LogP contribution in [-0.4, -0.2) is 76.9 Å². The molecule has 9 heteroatoms. The third kappa shape index (κ3) is 5.31. The van der Waals surface area contributed by atoms with E-state index in [0.717, 1.165) is 55.1 Å². The van der Waals surface area contributed by atoms with Crippen molar-refractivity contribution in [1.82, 2.24) is 25.1 Å². The van der Waals surface area contributed by atoms with Gasteiger partial charge in [-0.05, 0) is 67.3 Å². The highest BCUT2D eigenvalue weighted by Crippen LogP contribution is 2.30. The number of hydrogen-bond acceptors (Lipinski definition) is 6. The average Bonchev–Trinajstić information content (AvgIpc) is 3.48. The molecule has 1 aliphatic carbocycles. The van der Waals surface area contributed by atoms with Crippen LogP contribution in [0.1, 0.15) is 46.2 Å². The molecule has 40 heavy (non-hydrogen) atoms. The maximum absolute atomic E-state index is 13.8.